The number of hydrogen-bond donors (Lipinski definition) is 0. The molecule has 12 heteroatoms. The Morgan fingerprint density at radius 3 is 2.53 bits per heavy atom. The molecule has 0 radical (unpaired) electrons. The maximum atomic E-state index is 13.2. The van der Waals surface area contributed by atoms with Gasteiger partial charge in [-0.05, 0) is 29.3 Å². The third kappa shape index (κ3) is 4.40. The molecule has 2 saturated heterocycles. The van der Waals surface area contributed by atoms with E-state index in [0.29, 0.717) is 66.7 Å². The number of rotatable bonds is 5. The summed E-state index contributed by atoms with van der Waals surface area (Å²) in [4.78, 5) is 49.6. The lowest BCUT2D eigenvalue weighted by Gasteiger charge is -2.33. The predicted octanol–water partition coefficient (Wildman–Crippen LogP) is 2.26. The van der Waals surface area contributed by atoms with Crippen LogP contribution in [0.5, 0.6) is 0 Å². The number of amides is 4. The van der Waals surface area contributed by atoms with Crippen molar-refractivity contribution in [3.63, 3.8) is 0 Å². The average molecular weight is 532 g/mol. The molecule has 4 heterocycles. The van der Waals surface area contributed by atoms with E-state index >= 15 is 0 Å². The van der Waals surface area contributed by atoms with Gasteiger partial charge >= 0.3 is 11.9 Å². The molecular formula is C24H25Cl2N6O4+. The molecule has 3 aliphatic rings. The van der Waals surface area contributed by atoms with Crippen molar-refractivity contribution in [3.05, 3.63) is 58.0 Å². The molecule has 4 amide bonds. The van der Waals surface area contributed by atoms with Crippen LogP contribution in [0.15, 0.2) is 46.0 Å². The maximum Gasteiger partial charge on any atom is 0.333 e. The van der Waals surface area contributed by atoms with Gasteiger partial charge < -0.3 is 9.32 Å². The van der Waals surface area contributed by atoms with Gasteiger partial charge in [0.05, 0.1) is 6.26 Å². The van der Waals surface area contributed by atoms with E-state index in [4.69, 9.17) is 32.6 Å². The van der Waals surface area contributed by atoms with Crippen molar-refractivity contribution in [1.29, 1.82) is 0 Å². The maximum absolute atomic E-state index is 13.2. The Labute approximate surface area is 218 Å². The topological polar surface area (TPSA) is 92.7 Å². The molecule has 0 saturated carbocycles. The highest BCUT2D eigenvalue weighted by Crippen LogP contribution is 2.26. The number of furan rings is 1. The van der Waals surface area contributed by atoms with Crippen molar-refractivity contribution in [2.75, 3.05) is 46.8 Å². The summed E-state index contributed by atoms with van der Waals surface area (Å²) >= 11 is 12.5. The summed E-state index contributed by atoms with van der Waals surface area (Å²) < 4.78 is 7.14. The van der Waals surface area contributed by atoms with E-state index in [0.717, 1.165) is 10.5 Å². The predicted molar refractivity (Wildman–Crippen MR) is 134 cm³/mol. The second-order valence-electron chi connectivity index (χ2n) is 8.94. The van der Waals surface area contributed by atoms with E-state index < -0.39 is 12.1 Å². The minimum Gasteiger partial charge on any atom is -0.459 e. The molecule has 0 bridgehead atoms. The van der Waals surface area contributed by atoms with Gasteiger partial charge in [0.25, 0.3) is 23.7 Å². The SMILES string of the molecule is CN1C(=O)C2C(=NC(CN3CCN(C(=O)c4ccco4)CC3)=[N+]2Cc2ccc(Cl)cc2Cl)N(C)C1=O. The highest BCUT2D eigenvalue weighted by molar-refractivity contribution is 6.35. The van der Waals surface area contributed by atoms with Crippen molar-refractivity contribution < 1.29 is 23.4 Å². The molecule has 0 aliphatic carbocycles. The van der Waals surface area contributed by atoms with Crippen LogP contribution in [-0.2, 0) is 11.3 Å². The molecule has 1 unspecified atom stereocenters. The number of nitrogens with zero attached hydrogens (tertiary/aromatic N) is 6. The number of aliphatic imine (C=N–C) groups is 1. The van der Waals surface area contributed by atoms with Gasteiger partial charge in [0.2, 0.25) is 0 Å². The van der Waals surface area contributed by atoms with Crippen LogP contribution in [0.25, 0.3) is 0 Å². The zero-order valence-corrected chi connectivity index (χ0v) is 21.4. The molecule has 0 N–H and O–H groups in total. The summed E-state index contributed by atoms with van der Waals surface area (Å²) in [6, 6.07) is 7.43. The van der Waals surface area contributed by atoms with Crippen LogP contribution >= 0.6 is 23.2 Å². The first-order valence-electron chi connectivity index (χ1n) is 11.5. The molecule has 2 fully saturated rings. The standard InChI is InChI=1S/C24H25Cl2N6O4/c1-28-21-20(23(34)29(2)24(28)35)32(13-15-5-6-16(25)12-17(15)26)19(27-21)14-30-7-9-31(10-8-30)22(33)18-4-3-11-36-18/h3-6,11-12,20H,7-10,13-14H2,1-2H3/q+1. The number of halogens is 2. The van der Waals surface area contributed by atoms with Gasteiger partial charge in [0.1, 0.15) is 13.1 Å². The van der Waals surface area contributed by atoms with Gasteiger partial charge in [-0.3, -0.25) is 24.3 Å². The van der Waals surface area contributed by atoms with Crippen LogP contribution in [0.3, 0.4) is 0 Å². The van der Waals surface area contributed by atoms with Crippen molar-refractivity contribution >= 4 is 52.7 Å². The number of imide groups is 1. The molecule has 5 rings (SSSR count). The molecule has 2 aromatic rings. The Balaban J connectivity index is 1.39. The minimum atomic E-state index is -0.735. The summed E-state index contributed by atoms with van der Waals surface area (Å²) in [5, 5.41) is 1.01. The Morgan fingerprint density at radius 2 is 1.86 bits per heavy atom. The highest BCUT2D eigenvalue weighted by Gasteiger charge is 2.53. The molecular weight excluding hydrogens is 507 g/mol. The first-order valence-corrected chi connectivity index (χ1v) is 12.3. The molecule has 36 heavy (non-hydrogen) atoms. The fraction of sp³-hybridized carbons (Fsp3) is 0.375. The largest absolute Gasteiger partial charge is 0.459 e. The molecule has 1 aromatic heterocycles. The van der Waals surface area contributed by atoms with Crippen molar-refractivity contribution in [2.24, 2.45) is 4.99 Å². The summed E-state index contributed by atoms with van der Waals surface area (Å²) in [5.41, 5.74) is 0.791. The monoisotopic (exact) mass is 531 g/mol. The smallest absolute Gasteiger partial charge is 0.333 e. The summed E-state index contributed by atoms with van der Waals surface area (Å²) in [6.45, 7) is 3.10. The minimum absolute atomic E-state index is 0.132. The number of carbonyl (C=O) groups excluding carboxylic acids is 3. The molecule has 10 nitrogen and oxygen atoms in total. The summed E-state index contributed by atoms with van der Waals surface area (Å²) in [6.07, 6.45) is 1.49. The second kappa shape index (κ2) is 9.68. The molecule has 1 aromatic carbocycles. The number of piperazine rings is 1. The van der Waals surface area contributed by atoms with Crippen LogP contribution in [-0.4, -0.2) is 107 Å². The third-order valence-electron chi connectivity index (χ3n) is 6.73. The molecule has 188 valence electrons. The number of amidine groups is 2. The van der Waals surface area contributed by atoms with Crippen LogP contribution in [0.4, 0.5) is 4.79 Å². The molecule has 1 atom stereocenters. The van der Waals surface area contributed by atoms with Crippen LogP contribution < -0.4 is 0 Å². The van der Waals surface area contributed by atoms with Gasteiger partial charge in [-0.15, -0.1) is 0 Å². The zero-order chi connectivity index (χ0) is 25.6. The van der Waals surface area contributed by atoms with Crippen molar-refractivity contribution in [2.45, 2.75) is 12.6 Å². The molecule has 3 aliphatic heterocycles. The first kappa shape index (κ1) is 24.5. The van der Waals surface area contributed by atoms with E-state index in [1.54, 1.807) is 36.2 Å². The lowest BCUT2D eigenvalue weighted by Crippen LogP contribution is -2.61. The fourth-order valence-corrected chi connectivity index (χ4v) is 5.12. The van der Waals surface area contributed by atoms with Gasteiger partial charge in [-0.25, -0.2) is 9.37 Å². The Hall–Kier alpha value is -3.21. The number of benzene rings is 1. The van der Waals surface area contributed by atoms with Crippen LogP contribution in [0.2, 0.25) is 10.0 Å². The van der Waals surface area contributed by atoms with E-state index in [-0.39, 0.29) is 11.8 Å². The van der Waals surface area contributed by atoms with E-state index in [9.17, 15) is 14.4 Å². The third-order valence-corrected chi connectivity index (χ3v) is 7.31. The first-order chi connectivity index (χ1) is 17.2. The van der Waals surface area contributed by atoms with E-state index in [2.05, 4.69) is 4.90 Å². The lowest BCUT2D eigenvalue weighted by molar-refractivity contribution is -0.552. The zero-order valence-electron chi connectivity index (χ0n) is 19.9. The Kier molecular flexibility index (Phi) is 6.59. The van der Waals surface area contributed by atoms with Crippen molar-refractivity contribution in [1.82, 2.24) is 19.6 Å². The Bertz CT molecular complexity index is 1280. The van der Waals surface area contributed by atoms with E-state index in [1.807, 2.05) is 10.6 Å². The number of carbonyl (C=O) groups is 3. The summed E-state index contributed by atoms with van der Waals surface area (Å²) in [5.74, 6) is 0.911. The van der Waals surface area contributed by atoms with E-state index in [1.165, 1.54) is 18.2 Å². The van der Waals surface area contributed by atoms with Gasteiger partial charge in [0.15, 0.2) is 5.76 Å². The molecule has 0 spiro atoms. The quantitative estimate of drug-likeness (QED) is 0.551. The van der Waals surface area contributed by atoms with Gasteiger partial charge in [-0.1, -0.05) is 29.3 Å². The Morgan fingerprint density at radius 1 is 1.11 bits per heavy atom. The number of fused-ring (bicyclic) bond motifs is 1. The van der Waals surface area contributed by atoms with Crippen LogP contribution in [0.1, 0.15) is 16.1 Å². The van der Waals surface area contributed by atoms with Gasteiger partial charge in [0, 0.05) is 55.9 Å². The lowest BCUT2D eigenvalue weighted by atomic mass is 10.1. The van der Waals surface area contributed by atoms with Crippen molar-refractivity contribution in [3.8, 4) is 0 Å². The number of hydrogen-bond acceptors (Lipinski definition) is 6. The highest BCUT2D eigenvalue weighted by atomic mass is 35.5. The van der Waals surface area contributed by atoms with Crippen LogP contribution in [0, 0.1) is 0 Å². The number of likely N-dealkylation sites (N-methyl/N-ethyl adjacent to an activating group) is 2. The number of urea groups is 1. The fourth-order valence-electron chi connectivity index (χ4n) is 4.66. The summed E-state index contributed by atoms with van der Waals surface area (Å²) in [7, 11) is 3.09. The van der Waals surface area contributed by atoms with Gasteiger partial charge in [-0.2, -0.15) is 0 Å². The second-order valence-corrected chi connectivity index (χ2v) is 9.78. The normalized spacial score (nSPS) is 20.8. The average Bonchev–Trinajstić information content (AvgIpc) is 3.52.